The van der Waals surface area contributed by atoms with E-state index in [2.05, 4.69) is 20.4 Å². The van der Waals surface area contributed by atoms with Crippen molar-refractivity contribution in [3.05, 3.63) is 19.6 Å². The van der Waals surface area contributed by atoms with Crippen molar-refractivity contribution < 1.29 is 4.79 Å². The fraction of sp³-hybridized carbons (Fsp3) is 0.692. The zero-order valence-corrected chi connectivity index (χ0v) is 9.43. The molecule has 1 unspecified atom stereocenters. The minimum absolute atomic E-state index is 0.0707. The summed E-state index contributed by atoms with van der Waals surface area (Å²) in [6.07, 6.45) is 9.89. The first kappa shape index (κ1) is 13.4. The summed E-state index contributed by atoms with van der Waals surface area (Å²) in [7, 11) is 0. The third-order valence-corrected chi connectivity index (χ3v) is 2.51. The van der Waals surface area contributed by atoms with Crippen molar-refractivity contribution in [2.24, 2.45) is 5.92 Å². The molecule has 0 rings (SSSR count). The Labute approximate surface area is 88.6 Å². The monoisotopic (exact) mass is 195 g/mol. The van der Waals surface area contributed by atoms with Gasteiger partial charge in [0, 0.05) is 5.92 Å². The molecule has 0 fully saturated rings. The summed E-state index contributed by atoms with van der Waals surface area (Å²) in [4.78, 5) is 11.1. The van der Waals surface area contributed by atoms with Gasteiger partial charge in [-0.3, -0.25) is 4.79 Å². The molecular formula is C13H23O. The average Bonchev–Trinajstić information content (AvgIpc) is 2.21. The summed E-state index contributed by atoms with van der Waals surface area (Å²) >= 11 is 0. The Balaban J connectivity index is 3.27. The van der Waals surface area contributed by atoms with Gasteiger partial charge in [0.05, 0.1) is 0 Å². The predicted octanol–water partition coefficient (Wildman–Crippen LogP) is 3.94. The summed E-state index contributed by atoms with van der Waals surface area (Å²) < 4.78 is 0. The second-order valence-corrected chi connectivity index (χ2v) is 3.86. The van der Waals surface area contributed by atoms with Gasteiger partial charge in [-0.05, 0) is 19.4 Å². The van der Waals surface area contributed by atoms with E-state index in [1.807, 2.05) is 0 Å². The molecule has 0 aromatic carbocycles. The normalized spacial score (nSPS) is 12.4. The zero-order valence-electron chi connectivity index (χ0n) is 9.43. The topological polar surface area (TPSA) is 17.1 Å². The van der Waals surface area contributed by atoms with E-state index >= 15 is 0 Å². The Morgan fingerprint density at radius 3 is 2.36 bits per heavy atom. The van der Waals surface area contributed by atoms with Crippen LogP contribution in [0.1, 0.15) is 51.9 Å². The summed E-state index contributed by atoms with van der Waals surface area (Å²) in [5.41, 5.74) is 0. The second kappa shape index (κ2) is 8.98. The molecule has 0 aromatic rings. The summed E-state index contributed by atoms with van der Waals surface area (Å²) in [6.45, 7) is 9.50. The molecule has 0 heterocycles. The summed E-state index contributed by atoms with van der Waals surface area (Å²) in [5.74, 6) is 0.0113. The second-order valence-electron chi connectivity index (χ2n) is 3.86. The lowest BCUT2D eigenvalue weighted by Gasteiger charge is -2.06. The molecule has 0 bridgehead atoms. The van der Waals surface area contributed by atoms with Crippen molar-refractivity contribution in [3.8, 4) is 0 Å². The first-order valence-corrected chi connectivity index (χ1v) is 5.71. The van der Waals surface area contributed by atoms with E-state index in [-0.39, 0.29) is 11.7 Å². The van der Waals surface area contributed by atoms with Gasteiger partial charge in [0.2, 0.25) is 0 Å². The van der Waals surface area contributed by atoms with E-state index in [0.29, 0.717) is 0 Å². The molecule has 1 heteroatoms. The van der Waals surface area contributed by atoms with Crippen LogP contribution in [-0.2, 0) is 4.79 Å². The largest absolute Gasteiger partial charge is 0.295 e. The Kier molecular flexibility index (Phi) is 8.61. The average molecular weight is 195 g/mol. The van der Waals surface area contributed by atoms with Crippen LogP contribution in [0.2, 0.25) is 0 Å². The van der Waals surface area contributed by atoms with Crippen molar-refractivity contribution in [2.75, 3.05) is 0 Å². The van der Waals surface area contributed by atoms with Crippen LogP contribution in [0.25, 0.3) is 0 Å². The molecular weight excluding hydrogens is 172 g/mol. The third-order valence-electron chi connectivity index (χ3n) is 2.51. The number of carbonyl (C=O) groups excluding carboxylic acids is 1. The minimum atomic E-state index is -0.0707. The van der Waals surface area contributed by atoms with E-state index in [1.165, 1.54) is 38.2 Å². The van der Waals surface area contributed by atoms with E-state index in [1.54, 1.807) is 0 Å². The molecule has 0 aliphatic rings. The molecule has 1 atom stereocenters. The lowest BCUT2D eigenvalue weighted by atomic mass is 9.98. The standard InChI is InChI=1S/C13H23O/c1-4-6-7-8-9-10-11-12(3)13(14)5-2/h5,12H,2-4,6-11H2,1H3. The van der Waals surface area contributed by atoms with Crippen molar-refractivity contribution in [3.63, 3.8) is 0 Å². The van der Waals surface area contributed by atoms with Crippen LogP contribution >= 0.6 is 0 Å². The fourth-order valence-electron chi connectivity index (χ4n) is 1.48. The fourth-order valence-corrected chi connectivity index (χ4v) is 1.48. The van der Waals surface area contributed by atoms with Crippen LogP contribution in [-0.4, -0.2) is 5.78 Å². The van der Waals surface area contributed by atoms with Crippen LogP contribution in [0.5, 0.6) is 0 Å². The first-order valence-electron chi connectivity index (χ1n) is 5.71. The smallest absolute Gasteiger partial charge is 0.158 e. The summed E-state index contributed by atoms with van der Waals surface area (Å²) in [6, 6.07) is 0. The Morgan fingerprint density at radius 1 is 1.21 bits per heavy atom. The number of unbranched alkanes of at least 4 members (excludes halogenated alkanes) is 5. The lowest BCUT2D eigenvalue weighted by molar-refractivity contribution is -0.117. The predicted molar refractivity (Wildman–Crippen MR) is 62.0 cm³/mol. The van der Waals surface area contributed by atoms with Crippen LogP contribution in [0, 0.1) is 12.8 Å². The highest BCUT2D eigenvalue weighted by Crippen LogP contribution is 2.12. The van der Waals surface area contributed by atoms with E-state index in [4.69, 9.17) is 0 Å². The quantitative estimate of drug-likeness (QED) is 0.402. The van der Waals surface area contributed by atoms with Gasteiger partial charge in [0.25, 0.3) is 0 Å². The maximum Gasteiger partial charge on any atom is 0.158 e. The molecule has 81 valence electrons. The molecule has 0 saturated heterocycles. The van der Waals surface area contributed by atoms with Crippen LogP contribution in [0.4, 0.5) is 0 Å². The Hall–Kier alpha value is -0.590. The minimum Gasteiger partial charge on any atom is -0.295 e. The van der Waals surface area contributed by atoms with Crippen LogP contribution in [0.15, 0.2) is 12.7 Å². The van der Waals surface area contributed by atoms with Crippen molar-refractivity contribution in [1.29, 1.82) is 0 Å². The van der Waals surface area contributed by atoms with E-state index in [0.717, 1.165) is 12.8 Å². The molecule has 0 aliphatic carbocycles. The Morgan fingerprint density at radius 2 is 1.79 bits per heavy atom. The number of rotatable bonds is 9. The maximum absolute atomic E-state index is 11.1. The molecule has 14 heavy (non-hydrogen) atoms. The highest BCUT2D eigenvalue weighted by atomic mass is 16.1. The number of carbonyl (C=O) groups is 1. The van der Waals surface area contributed by atoms with Crippen molar-refractivity contribution in [1.82, 2.24) is 0 Å². The first-order chi connectivity index (χ1) is 6.72. The molecule has 0 spiro atoms. The van der Waals surface area contributed by atoms with Crippen LogP contribution < -0.4 is 0 Å². The number of allylic oxidation sites excluding steroid dienone is 1. The lowest BCUT2D eigenvalue weighted by Crippen LogP contribution is -2.07. The van der Waals surface area contributed by atoms with E-state index in [9.17, 15) is 4.79 Å². The highest BCUT2D eigenvalue weighted by molar-refractivity contribution is 5.91. The van der Waals surface area contributed by atoms with Gasteiger partial charge in [-0.1, -0.05) is 52.0 Å². The van der Waals surface area contributed by atoms with E-state index < -0.39 is 0 Å². The molecule has 0 N–H and O–H groups in total. The molecule has 1 nitrogen and oxygen atoms in total. The van der Waals surface area contributed by atoms with Gasteiger partial charge < -0.3 is 0 Å². The van der Waals surface area contributed by atoms with Gasteiger partial charge in [-0.15, -0.1) is 0 Å². The maximum atomic E-state index is 11.1. The number of ketones is 1. The van der Waals surface area contributed by atoms with Gasteiger partial charge in [-0.25, -0.2) is 0 Å². The Bertz CT molecular complexity index is 161. The zero-order chi connectivity index (χ0) is 10.8. The summed E-state index contributed by atoms with van der Waals surface area (Å²) in [5, 5.41) is 0. The number of hydrogen-bond acceptors (Lipinski definition) is 1. The number of hydrogen-bond donors (Lipinski definition) is 0. The van der Waals surface area contributed by atoms with Crippen molar-refractivity contribution in [2.45, 2.75) is 51.9 Å². The molecule has 1 radical (unpaired) electrons. The third kappa shape index (κ3) is 6.88. The molecule has 0 saturated carbocycles. The van der Waals surface area contributed by atoms with Gasteiger partial charge in [0.15, 0.2) is 5.78 Å². The highest BCUT2D eigenvalue weighted by Gasteiger charge is 2.07. The molecule has 0 aromatic heterocycles. The molecule has 0 amide bonds. The van der Waals surface area contributed by atoms with Crippen LogP contribution in [0.3, 0.4) is 0 Å². The SMILES string of the molecule is [CH2]C(CCCCCCCC)C(=O)C=C. The molecule has 0 aliphatic heterocycles. The van der Waals surface area contributed by atoms with Crippen molar-refractivity contribution >= 4 is 5.78 Å². The van der Waals surface area contributed by atoms with Gasteiger partial charge in [-0.2, -0.15) is 0 Å². The van der Waals surface area contributed by atoms with Gasteiger partial charge >= 0.3 is 0 Å². The van der Waals surface area contributed by atoms with Gasteiger partial charge in [0.1, 0.15) is 0 Å².